The molecule has 0 spiro atoms. The van der Waals surface area contributed by atoms with Crippen LogP contribution < -0.4 is 0 Å². The van der Waals surface area contributed by atoms with Gasteiger partial charge in [-0.1, -0.05) is 0 Å². The van der Waals surface area contributed by atoms with Crippen molar-refractivity contribution in [1.29, 1.82) is 0 Å². The van der Waals surface area contributed by atoms with Crippen LogP contribution in [0.25, 0.3) is 0 Å². The maximum absolute atomic E-state index is 12.7. The molecule has 0 radical (unpaired) electrons. The Morgan fingerprint density at radius 1 is 1.33 bits per heavy atom. The van der Waals surface area contributed by atoms with Gasteiger partial charge < -0.3 is 5.11 Å². The number of aldehydes is 1. The molecule has 0 aliphatic heterocycles. The molecule has 0 aliphatic carbocycles. The van der Waals surface area contributed by atoms with E-state index in [4.69, 9.17) is 5.11 Å². The molecule has 1 N–H and O–H groups in total. The summed E-state index contributed by atoms with van der Waals surface area (Å²) < 4.78 is 25.4. The summed E-state index contributed by atoms with van der Waals surface area (Å²) in [5.74, 6) is -1.90. The fourth-order valence-corrected chi connectivity index (χ4v) is 0.841. The summed E-state index contributed by atoms with van der Waals surface area (Å²) in [7, 11) is 0. The molecule has 1 aromatic carbocycles. The van der Waals surface area contributed by atoms with E-state index < -0.39 is 23.8 Å². The molecule has 0 saturated heterocycles. The van der Waals surface area contributed by atoms with Crippen LogP contribution in [0.3, 0.4) is 0 Å². The van der Waals surface area contributed by atoms with E-state index in [2.05, 4.69) is 0 Å². The van der Waals surface area contributed by atoms with E-state index in [0.717, 1.165) is 12.1 Å². The van der Waals surface area contributed by atoms with Gasteiger partial charge in [0.2, 0.25) is 0 Å². The van der Waals surface area contributed by atoms with Crippen LogP contribution >= 0.6 is 0 Å². The highest BCUT2D eigenvalue weighted by molar-refractivity contribution is 5.75. The van der Waals surface area contributed by atoms with Gasteiger partial charge in [0.15, 0.2) is 6.29 Å². The van der Waals surface area contributed by atoms with Gasteiger partial charge in [-0.25, -0.2) is 8.78 Å². The molecular formula is C8H6F2O2. The standard InChI is InChI=1S/C8H6F2O2/c9-7-1-5(3-11)2-8(10)6(7)4-12/h1-2,4,11H,3H2. The summed E-state index contributed by atoms with van der Waals surface area (Å²) in [6, 6.07) is 1.85. The van der Waals surface area contributed by atoms with E-state index in [0.29, 0.717) is 0 Å². The monoisotopic (exact) mass is 172 g/mol. The third-order valence-corrected chi connectivity index (χ3v) is 1.44. The smallest absolute Gasteiger partial charge is 0.155 e. The number of hydrogen-bond donors (Lipinski definition) is 1. The van der Waals surface area contributed by atoms with Crippen molar-refractivity contribution in [2.45, 2.75) is 6.61 Å². The lowest BCUT2D eigenvalue weighted by Gasteiger charge is -1.99. The topological polar surface area (TPSA) is 37.3 Å². The van der Waals surface area contributed by atoms with Gasteiger partial charge >= 0.3 is 0 Å². The minimum atomic E-state index is -0.950. The number of rotatable bonds is 2. The Morgan fingerprint density at radius 2 is 1.83 bits per heavy atom. The highest BCUT2D eigenvalue weighted by atomic mass is 19.1. The lowest BCUT2D eigenvalue weighted by Crippen LogP contribution is -1.96. The minimum Gasteiger partial charge on any atom is -0.392 e. The summed E-state index contributed by atoms with van der Waals surface area (Å²) in [6.45, 7) is -0.451. The van der Waals surface area contributed by atoms with E-state index >= 15 is 0 Å². The Balaban J connectivity index is 3.27. The van der Waals surface area contributed by atoms with Gasteiger partial charge in [0.1, 0.15) is 11.6 Å². The lowest BCUT2D eigenvalue weighted by atomic mass is 10.1. The molecule has 1 rings (SSSR count). The summed E-state index contributed by atoms with van der Waals surface area (Å²) >= 11 is 0. The Labute approximate surface area is 67.4 Å². The number of carbonyl (C=O) groups excluding carboxylic acids is 1. The second-order valence-electron chi connectivity index (χ2n) is 2.25. The van der Waals surface area contributed by atoms with E-state index in [1.165, 1.54) is 0 Å². The number of halogens is 2. The van der Waals surface area contributed by atoms with Crippen molar-refractivity contribution in [2.75, 3.05) is 0 Å². The van der Waals surface area contributed by atoms with Crippen molar-refractivity contribution in [3.63, 3.8) is 0 Å². The van der Waals surface area contributed by atoms with Crippen LogP contribution in [0.1, 0.15) is 15.9 Å². The molecule has 0 saturated carbocycles. The molecule has 0 aromatic heterocycles. The third kappa shape index (κ3) is 1.48. The Morgan fingerprint density at radius 3 is 2.17 bits per heavy atom. The molecule has 0 bridgehead atoms. The number of carbonyl (C=O) groups is 1. The molecule has 0 amide bonds. The van der Waals surface area contributed by atoms with Gasteiger partial charge in [-0.3, -0.25) is 4.79 Å². The molecule has 1 aromatic rings. The highest BCUT2D eigenvalue weighted by Crippen LogP contribution is 2.13. The maximum Gasteiger partial charge on any atom is 0.155 e. The second-order valence-corrected chi connectivity index (χ2v) is 2.25. The van der Waals surface area contributed by atoms with Crippen LogP contribution in [-0.2, 0) is 6.61 Å². The molecule has 12 heavy (non-hydrogen) atoms. The zero-order valence-electron chi connectivity index (χ0n) is 6.05. The SMILES string of the molecule is O=Cc1c(F)cc(CO)cc1F. The van der Waals surface area contributed by atoms with Crippen molar-refractivity contribution in [2.24, 2.45) is 0 Å². The summed E-state index contributed by atoms with van der Waals surface area (Å²) in [5.41, 5.74) is -0.497. The number of benzene rings is 1. The maximum atomic E-state index is 12.7. The third-order valence-electron chi connectivity index (χ3n) is 1.44. The summed E-state index contributed by atoms with van der Waals surface area (Å²) in [5, 5.41) is 8.53. The molecule has 0 fully saturated rings. The van der Waals surface area contributed by atoms with Gasteiger partial charge in [0, 0.05) is 0 Å². The van der Waals surface area contributed by atoms with Crippen LogP contribution in [0.5, 0.6) is 0 Å². The van der Waals surface area contributed by atoms with Gasteiger partial charge in [-0.05, 0) is 17.7 Å². The van der Waals surface area contributed by atoms with Crippen molar-refractivity contribution in [3.8, 4) is 0 Å². The van der Waals surface area contributed by atoms with Crippen molar-refractivity contribution in [1.82, 2.24) is 0 Å². The molecule has 4 heteroatoms. The van der Waals surface area contributed by atoms with E-state index in [9.17, 15) is 13.6 Å². The Bertz CT molecular complexity index is 287. The van der Waals surface area contributed by atoms with Crippen molar-refractivity contribution < 1.29 is 18.7 Å². The normalized spacial score (nSPS) is 9.92. The van der Waals surface area contributed by atoms with Crippen LogP contribution in [0.4, 0.5) is 8.78 Å². The molecular weight excluding hydrogens is 166 g/mol. The molecule has 0 unspecified atom stereocenters. The van der Waals surface area contributed by atoms with Crippen LogP contribution in [0, 0.1) is 11.6 Å². The van der Waals surface area contributed by atoms with Crippen LogP contribution in [0.2, 0.25) is 0 Å². The number of hydrogen-bond acceptors (Lipinski definition) is 2. The molecule has 0 atom stereocenters. The van der Waals surface area contributed by atoms with E-state index in [1.807, 2.05) is 0 Å². The fraction of sp³-hybridized carbons (Fsp3) is 0.125. The molecule has 64 valence electrons. The first-order valence-electron chi connectivity index (χ1n) is 3.23. The highest BCUT2D eigenvalue weighted by Gasteiger charge is 2.09. The first-order valence-corrected chi connectivity index (χ1v) is 3.23. The first-order chi connectivity index (χ1) is 5.69. The Kier molecular flexibility index (Phi) is 2.50. The predicted octanol–water partition coefficient (Wildman–Crippen LogP) is 1.27. The van der Waals surface area contributed by atoms with Gasteiger partial charge in [-0.2, -0.15) is 0 Å². The first kappa shape index (κ1) is 8.80. The quantitative estimate of drug-likeness (QED) is 0.682. The zero-order chi connectivity index (χ0) is 9.14. The number of aliphatic hydroxyl groups excluding tert-OH is 1. The zero-order valence-corrected chi connectivity index (χ0v) is 6.05. The molecule has 2 nitrogen and oxygen atoms in total. The van der Waals surface area contributed by atoms with E-state index in [1.54, 1.807) is 0 Å². The predicted molar refractivity (Wildman–Crippen MR) is 37.7 cm³/mol. The fourth-order valence-electron chi connectivity index (χ4n) is 0.841. The van der Waals surface area contributed by atoms with Gasteiger partial charge in [0.25, 0.3) is 0 Å². The second kappa shape index (κ2) is 3.40. The summed E-state index contributed by atoms with van der Waals surface area (Å²) in [4.78, 5) is 10.1. The average molecular weight is 172 g/mol. The summed E-state index contributed by atoms with van der Waals surface area (Å²) in [6.07, 6.45) is 0.103. The van der Waals surface area contributed by atoms with Gasteiger partial charge in [-0.15, -0.1) is 0 Å². The van der Waals surface area contributed by atoms with Crippen LogP contribution in [-0.4, -0.2) is 11.4 Å². The van der Waals surface area contributed by atoms with Crippen molar-refractivity contribution >= 4 is 6.29 Å². The average Bonchev–Trinajstić information content (AvgIpc) is 2.03. The number of aliphatic hydroxyl groups is 1. The lowest BCUT2D eigenvalue weighted by molar-refractivity contribution is 0.111. The van der Waals surface area contributed by atoms with Crippen molar-refractivity contribution in [3.05, 3.63) is 34.9 Å². The molecule has 0 aliphatic rings. The Hall–Kier alpha value is -1.29. The molecule has 0 heterocycles. The van der Waals surface area contributed by atoms with E-state index in [-0.39, 0.29) is 11.8 Å². The van der Waals surface area contributed by atoms with Crippen LogP contribution in [0.15, 0.2) is 12.1 Å². The van der Waals surface area contributed by atoms with Gasteiger partial charge in [0.05, 0.1) is 12.2 Å². The largest absolute Gasteiger partial charge is 0.392 e. The minimum absolute atomic E-state index is 0.103.